The molecule has 1 aliphatic heterocycles. The van der Waals surface area contributed by atoms with E-state index in [2.05, 4.69) is 25.3 Å². The molecule has 4 aromatic rings. The van der Waals surface area contributed by atoms with Gasteiger partial charge in [0.2, 0.25) is 5.88 Å². The van der Waals surface area contributed by atoms with Gasteiger partial charge in [-0.1, -0.05) is 5.21 Å². The van der Waals surface area contributed by atoms with Crippen LogP contribution in [-0.4, -0.2) is 87.0 Å². The Morgan fingerprint density at radius 2 is 1.91 bits per heavy atom. The lowest BCUT2D eigenvalue weighted by Gasteiger charge is -2.16. The molecule has 4 heterocycles. The van der Waals surface area contributed by atoms with E-state index in [0.29, 0.717) is 11.4 Å². The number of benzene rings is 1. The first kappa shape index (κ1) is 20.3. The van der Waals surface area contributed by atoms with E-state index in [4.69, 9.17) is 9.47 Å². The summed E-state index contributed by atoms with van der Waals surface area (Å²) < 4.78 is 13.3. The molecule has 1 fully saturated rings. The Morgan fingerprint density at radius 1 is 1.12 bits per heavy atom. The second kappa shape index (κ2) is 7.80. The maximum Gasteiger partial charge on any atom is 0.257 e. The number of aromatic nitrogens is 7. The van der Waals surface area contributed by atoms with Crippen molar-refractivity contribution < 1.29 is 29.9 Å². The van der Waals surface area contributed by atoms with Gasteiger partial charge >= 0.3 is 0 Å². The van der Waals surface area contributed by atoms with E-state index in [0.717, 1.165) is 5.56 Å². The van der Waals surface area contributed by atoms with E-state index in [9.17, 15) is 20.4 Å². The highest BCUT2D eigenvalue weighted by Gasteiger charge is 2.44. The van der Waals surface area contributed by atoms with Crippen molar-refractivity contribution >= 4 is 11.2 Å². The largest absolute Gasteiger partial charge is 0.497 e. The summed E-state index contributed by atoms with van der Waals surface area (Å²) in [7, 11) is 1.58. The van der Waals surface area contributed by atoms with Crippen molar-refractivity contribution in [2.45, 2.75) is 24.5 Å². The van der Waals surface area contributed by atoms with E-state index in [1.165, 1.54) is 15.6 Å². The van der Waals surface area contributed by atoms with Crippen molar-refractivity contribution in [2.75, 3.05) is 13.7 Å². The fourth-order valence-electron chi connectivity index (χ4n) is 3.54. The molecule has 4 N–H and O–H groups in total. The standard InChI is InChI=1S/C19H19N7O6/c1-31-10-4-2-9(3-5-10)11-6-26(24-23-11)19-21-16-13(17(30)22-19)20-8-25(16)18-15(29)14(28)12(7-27)32-18/h2-6,8,12,14-15,18,27-29H,7H2,1H3,(H,21,22,30)/t12-,14-,15-,18-/m1/s1. The monoisotopic (exact) mass is 441 g/mol. The molecule has 4 atom stereocenters. The molecule has 0 unspecified atom stereocenters. The minimum absolute atomic E-state index is 0.00996. The Bertz CT molecular complexity index is 1260. The van der Waals surface area contributed by atoms with Crippen molar-refractivity contribution in [3.8, 4) is 28.8 Å². The Hall–Kier alpha value is -3.65. The molecule has 0 aliphatic carbocycles. The van der Waals surface area contributed by atoms with Gasteiger partial charge in [0.15, 0.2) is 17.4 Å². The highest BCUT2D eigenvalue weighted by Crippen LogP contribution is 2.33. The molecule has 0 saturated carbocycles. The molecule has 13 heteroatoms. The van der Waals surface area contributed by atoms with E-state index in [-0.39, 0.29) is 17.1 Å². The van der Waals surface area contributed by atoms with Crippen LogP contribution in [0, 0.1) is 0 Å². The number of hydrogen-bond donors (Lipinski definition) is 4. The van der Waals surface area contributed by atoms with Crippen LogP contribution in [0.5, 0.6) is 11.6 Å². The number of aliphatic hydroxyl groups excluding tert-OH is 3. The van der Waals surface area contributed by atoms with Gasteiger partial charge in [0.1, 0.15) is 29.8 Å². The van der Waals surface area contributed by atoms with Crippen LogP contribution >= 0.6 is 0 Å². The van der Waals surface area contributed by atoms with Crippen LogP contribution in [0.3, 0.4) is 0 Å². The maximum atomic E-state index is 10.4. The first-order valence-corrected chi connectivity index (χ1v) is 9.63. The highest BCUT2D eigenvalue weighted by molar-refractivity contribution is 5.76. The normalized spacial score (nSPS) is 23.1. The quantitative estimate of drug-likeness (QED) is 0.311. The zero-order valence-electron chi connectivity index (χ0n) is 16.7. The van der Waals surface area contributed by atoms with Gasteiger partial charge in [-0.15, -0.1) is 5.10 Å². The van der Waals surface area contributed by atoms with Gasteiger partial charge in [0, 0.05) is 5.56 Å². The third-order valence-corrected chi connectivity index (χ3v) is 5.27. The van der Waals surface area contributed by atoms with Gasteiger partial charge in [0.25, 0.3) is 5.95 Å². The zero-order valence-corrected chi connectivity index (χ0v) is 16.7. The number of methoxy groups -OCH3 is 1. The van der Waals surface area contributed by atoms with Crippen molar-refractivity contribution in [3.05, 3.63) is 36.8 Å². The van der Waals surface area contributed by atoms with Crippen molar-refractivity contribution in [1.29, 1.82) is 0 Å². The lowest BCUT2D eigenvalue weighted by Crippen LogP contribution is -2.33. The van der Waals surface area contributed by atoms with Gasteiger partial charge in [-0.2, -0.15) is 14.6 Å². The third kappa shape index (κ3) is 3.23. The summed E-state index contributed by atoms with van der Waals surface area (Å²) in [6, 6.07) is 7.24. The number of nitrogens with zero attached hydrogens (tertiary/aromatic N) is 7. The fraction of sp³-hybridized carbons (Fsp3) is 0.316. The molecular formula is C19H19N7O6. The number of imidazole rings is 1. The van der Waals surface area contributed by atoms with Crippen LogP contribution < -0.4 is 4.74 Å². The summed E-state index contributed by atoms with van der Waals surface area (Å²) >= 11 is 0. The first-order valence-electron chi connectivity index (χ1n) is 9.63. The van der Waals surface area contributed by atoms with Crippen LogP contribution in [0.1, 0.15) is 6.23 Å². The van der Waals surface area contributed by atoms with Crippen molar-refractivity contribution in [3.63, 3.8) is 0 Å². The van der Waals surface area contributed by atoms with Gasteiger partial charge in [0.05, 0.1) is 26.2 Å². The van der Waals surface area contributed by atoms with Gasteiger partial charge in [-0.25, -0.2) is 4.98 Å². The lowest BCUT2D eigenvalue weighted by atomic mass is 10.1. The summed E-state index contributed by atoms with van der Waals surface area (Å²) in [5, 5.41) is 48.2. The number of aromatic hydroxyl groups is 1. The van der Waals surface area contributed by atoms with Crippen LogP contribution in [0.15, 0.2) is 36.8 Å². The van der Waals surface area contributed by atoms with E-state index < -0.39 is 37.0 Å². The molecule has 1 aromatic carbocycles. The summed E-state index contributed by atoms with van der Waals surface area (Å²) in [5.74, 6) is 0.311. The van der Waals surface area contributed by atoms with Crippen molar-refractivity contribution in [1.82, 2.24) is 34.5 Å². The zero-order chi connectivity index (χ0) is 22.4. The maximum absolute atomic E-state index is 10.4. The SMILES string of the molecule is COc1ccc(-c2cn(-c3nc(O)c4ncn([C@@H]5O[C@H](CO)[C@@H](O)[C@H]5O)c4n3)nn2)cc1. The Kier molecular flexibility index (Phi) is 4.94. The number of ether oxygens (including phenoxy) is 2. The molecule has 0 bridgehead atoms. The summed E-state index contributed by atoms with van der Waals surface area (Å²) in [4.78, 5) is 12.5. The van der Waals surface area contributed by atoms with Crippen LogP contribution in [0.2, 0.25) is 0 Å². The number of hydrogen-bond acceptors (Lipinski definition) is 11. The Morgan fingerprint density at radius 3 is 2.59 bits per heavy atom. The second-order valence-electron chi connectivity index (χ2n) is 7.18. The summed E-state index contributed by atoms with van der Waals surface area (Å²) in [5.41, 5.74) is 1.55. The summed E-state index contributed by atoms with van der Waals surface area (Å²) in [6.07, 6.45) is -1.77. The van der Waals surface area contributed by atoms with E-state index in [1.807, 2.05) is 12.1 Å². The summed E-state index contributed by atoms with van der Waals surface area (Å²) in [6.45, 7) is -0.472. The molecule has 1 saturated heterocycles. The first-order chi connectivity index (χ1) is 15.5. The Labute approximate surface area is 180 Å². The number of rotatable bonds is 5. The van der Waals surface area contributed by atoms with Gasteiger partial charge in [-0.05, 0) is 24.3 Å². The molecule has 13 nitrogen and oxygen atoms in total. The average molecular weight is 441 g/mol. The molecule has 5 rings (SSSR count). The smallest absolute Gasteiger partial charge is 0.257 e. The average Bonchev–Trinajstić information content (AvgIpc) is 3.53. The molecule has 166 valence electrons. The van der Waals surface area contributed by atoms with E-state index in [1.54, 1.807) is 25.4 Å². The van der Waals surface area contributed by atoms with Crippen LogP contribution in [0.25, 0.3) is 28.4 Å². The number of aliphatic hydroxyl groups is 3. The predicted molar refractivity (Wildman–Crippen MR) is 107 cm³/mol. The van der Waals surface area contributed by atoms with Crippen LogP contribution in [-0.2, 0) is 4.74 Å². The molecule has 0 spiro atoms. The molecule has 3 aromatic heterocycles. The third-order valence-electron chi connectivity index (χ3n) is 5.27. The van der Waals surface area contributed by atoms with Crippen LogP contribution in [0.4, 0.5) is 0 Å². The topological polar surface area (TPSA) is 174 Å². The second-order valence-corrected chi connectivity index (χ2v) is 7.18. The molecule has 32 heavy (non-hydrogen) atoms. The van der Waals surface area contributed by atoms with Gasteiger partial charge < -0.3 is 29.9 Å². The molecule has 0 radical (unpaired) electrons. The van der Waals surface area contributed by atoms with E-state index >= 15 is 0 Å². The predicted octanol–water partition coefficient (Wildman–Crippen LogP) is -0.600. The molecule has 0 amide bonds. The molecular weight excluding hydrogens is 422 g/mol. The minimum Gasteiger partial charge on any atom is -0.497 e. The molecule has 1 aliphatic rings. The highest BCUT2D eigenvalue weighted by atomic mass is 16.6. The van der Waals surface area contributed by atoms with Crippen molar-refractivity contribution in [2.24, 2.45) is 0 Å². The van der Waals surface area contributed by atoms with Gasteiger partial charge in [-0.3, -0.25) is 4.57 Å². The number of fused-ring (bicyclic) bond motifs is 1. The lowest BCUT2D eigenvalue weighted by molar-refractivity contribution is -0.0511. The Balaban J connectivity index is 1.52. The minimum atomic E-state index is -1.34. The fourth-order valence-corrected chi connectivity index (χ4v) is 3.54.